The summed E-state index contributed by atoms with van der Waals surface area (Å²) in [5.41, 5.74) is 0.769. The van der Waals surface area contributed by atoms with Gasteiger partial charge < -0.3 is 15.0 Å². The second-order valence-electron chi connectivity index (χ2n) is 5.28. The third kappa shape index (κ3) is 4.42. The van der Waals surface area contributed by atoms with E-state index in [4.69, 9.17) is 0 Å². The van der Waals surface area contributed by atoms with Gasteiger partial charge in [-0.3, -0.25) is 9.59 Å². The van der Waals surface area contributed by atoms with Crippen molar-refractivity contribution in [2.75, 3.05) is 6.54 Å². The molecule has 1 aromatic carbocycles. The number of hydrogen-bond donors (Lipinski definition) is 2. The summed E-state index contributed by atoms with van der Waals surface area (Å²) < 4.78 is 14.8. The van der Waals surface area contributed by atoms with Crippen molar-refractivity contribution in [2.24, 2.45) is 0 Å². The molecular weight excluding hydrogens is 299 g/mol. The first-order chi connectivity index (χ1) is 11.0. The molecule has 0 radical (unpaired) electrons. The Balaban J connectivity index is 1.80. The number of amides is 1. The fourth-order valence-electron chi connectivity index (χ4n) is 2.29. The van der Waals surface area contributed by atoms with E-state index in [1.54, 1.807) is 10.6 Å². The van der Waals surface area contributed by atoms with Crippen LogP contribution in [0.2, 0.25) is 0 Å². The highest BCUT2D eigenvalue weighted by atomic mass is 19.1. The number of unbranched alkanes of at least 4 members (excludes halogenated alkanes) is 1. The lowest BCUT2D eigenvalue weighted by Gasteiger charge is -2.10. The van der Waals surface area contributed by atoms with Crippen molar-refractivity contribution >= 4 is 5.91 Å². The molecule has 0 fully saturated rings. The summed E-state index contributed by atoms with van der Waals surface area (Å²) >= 11 is 0. The van der Waals surface area contributed by atoms with Gasteiger partial charge >= 0.3 is 0 Å². The Morgan fingerprint density at radius 1 is 1.26 bits per heavy atom. The van der Waals surface area contributed by atoms with Gasteiger partial charge in [0.1, 0.15) is 11.6 Å². The van der Waals surface area contributed by atoms with Crippen LogP contribution in [0.15, 0.2) is 41.2 Å². The quantitative estimate of drug-likeness (QED) is 0.802. The average molecular weight is 318 g/mol. The molecule has 23 heavy (non-hydrogen) atoms. The van der Waals surface area contributed by atoms with Crippen LogP contribution in [0.4, 0.5) is 4.39 Å². The van der Waals surface area contributed by atoms with Gasteiger partial charge in [0, 0.05) is 24.8 Å². The molecule has 122 valence electrons. The normalized spacial score (nSPS) is 10.5. The Labute approximate surface area is 133 Å². The lowest BCUT2D eigenvalue weighted by Crippen LogP contribution is -2.25. The number of aryl methyl sites for hydroxylation is 1. The maximum Gasteiger partial charge on any atom is 0.255 e. The number of aromatic hydroxyl groups is 1. The van der Waals surface area contributed by atoms with E-state index in [0.717, 1.165) is 30.3 Å². The number of carbonyl (C=O) groups excluding carboxylic acids is 1. The molecule has 0 saturated heterocycles. The van der Waals surface area contributed by atoms with E-state index in [1.807, 2.05) is 13.0 Å². The molecule has 6 heteroatoms. The molecule has 0 atom stereocenters. The van der Waals surface area contributed by atoms with E-state index in [9.17, 15) is 19.1 Å². The van der Waals surface area contributed by atoms with Crippen LogP contribution in [0.5, 0.6) is 5.75 Å². The third-order valence-electron chi connectivity index (χ3n) is 3.57. The zero-order valence-electron chi connectivity index (χ0n) is 12.9. The van der Waals surface area contributed by atoms with Crippen LogP contribution in [-0.4, -0.2) is 22.1 Å². The number of hydrogen-bond acceptors (Lipinski definition) is 3. The summed E-state index contributed by atoms with van der Waals surface area (Å²) in [5, 5.41) is 12.2. The molecule has 2 N–H and O–H groups in total. The van der Waals surface area contributed by atoms with Crippen LogP contribution in [-0.2, 0) is 6.54 Å². The Hall–Kier alpha value is -2.63. The molecule has 0 aliphatic heterocycles. The zero-order chi connectivity index (χ0) is 16.8. The number of phenolic OH excluding ortho intramolecular Hbond substituents is 1. The standard InChI is InChI=1S/C17H19FN2O3/c1-12-5-4-6-16(22)20(12)10-3-2-9-19-17(23)14-11-13(18)7-8-15(14)21/h4-8,11,21H,2-3,9-10H2,1H3,(H,19,23). The van der Waals surface area contributed by atoms with Gasteiger partial charge in [0.05, 0.1) is 5.56 Å². The van der Waals surface area contributed by atoms with Crippen molar-refractivity contribution in [3.05, 3.63) is 63.8 Å². The minimum Gasteiger partial charge on any atom is -0.507 e. The van der Waals surface area contributed by atoms with Gasteiger partial charge in [0.2, 0.25) is 0 Å². The van der Waals surface area contributed by atoms with E-state index in [1.165, 1.54) is 6.07 Å². The van der Waals surface area contributed by atoms with E-state index in [-0.39, 0.29) is 16.9 Å². The third-order valence-corrected chi connectivity index (χ3v) is 3.57. The summed E-state index contributed by atoms with van der Waals surface area (Å²) in [6, 6.07) is 8.34. The van der Waals surface area contributed by atoms with Crippen LogP contribution >= 0.6 is 0 Å². The molecule has 1 heterocycles. The van der Waals surface area contributed by atoms with Crippen molar-refractivity contribution in [3.8, 4) is 5.75 Å². The molecule has 0 bridgehead atoms. The fourth-order valence-corrected chi connectivity index (χ4v) is 2.29. The Kier molecular flexibility index (Phi) is 5.51. The predicted octanol–water partition coefficient (Wildman–Crippen LogP) is 2.21. The molecule has 1 amide bonds. The Morgan fingerprint density at radius 3 is 2.78 bits per heavy atom. The molecule has 0 aliphatic rings. The summed E-state index contributed by atoms with van der Waals surface area (Å²) in [6.45, 7) is 2.83. The van der Waals surface area contributed by atoms with Crippen LogP contribution in [0.3, 0.4) is 0 Å². The number of aromatic nitrogens is 1. The SMILES string of the molecule is Cc1cccc(=O)n1CCCCNC(=O)c1cc(F)ccc1O. The first-order valence-electron chi connectivity index (χ1n) is 7.42. The summed E-state index contributed by atoms with van der Waals surface area (Å²) in [5.74, 6) is -1.35. The van der Waals surface area contributed by atoms with Crippen molar-refractivity contribution in [3.63, 3.8) is 0 Å². The molecule has 5 nitrogen and oxygen atoms in total. The van der Waals surface area contributed by atoms with E-state index < -0.39 is 11.7 Å². The monoisotopic (exact) mass is 318 g/mol. The number of nitrogens with zero attached hydrogens (tertiary/aromatic N) is 1. The van der Waals surface area contributed by atoms with Gasteiger partial charge in [0.25, 0.3) is 11.5 Å². The van der Waals surface area contributed by atoms with Crippen molar-refractivity contribution in [1.82, 2.24) is 9.88 Å². The highest BCUT2D eigenvalue weighted by Crippen LogP contribution is 2.17. The number of rotatable bonds is 6. The first kappa shape index (κ1) is 16.7. The van der Waals surface area contributed by atoms with Crippen LogP contribution in [0.1, 0.15) is 28.9 Å². The lowest BCUT2D eigenvalue weighted by atomic mass is 10.2. The number of carbonyl (C=O) groups is 1. The molecule has 2 aromatic rings. The van der Waals surface area contributed by atoms with Crippen molar-refractivity contribution < 1.29 is 14.3 Å². The highest BCUT2D eigenvalue weighted by molar-refractivity contribution is 5.96. The number of nitrogens with one attached hydrogen (secondary N) is 1. The number of pyridine rings is 1. The van der Waals surface area contributed by atoms with Crippen molar-refractivity contribution in [1.29, 1.82) is 0 Å². The maximum absolute atomic E-state index is 13.1. The molecule has 0 aliphatic carbocycles. The van der Waals surface area contributed by atoms with Crippen LogP contribution in [0, 0.1) is 12.7 Å². The van der Waals surface area contributed by atoms with Gasteiger partial charge in [-0.05, 0) is 44.0 Å². The molecule has 2 rings (SSSR count). The van der Waals surface area contributed by atoms with E-state index in [2.05, 4.69) is 5.32 Å². The summed E-state index contributed by atoms with van der Waals surface area (Å²) in [6.07, 6.45) is 1.39. The smallest absolute Gasteiger partial charge is 0.255 e. The topological polar surface area (TPSA) is 71.3 Å². The summed E-state index contributed by atoms with van der Waals surface area (Å²) in [7, 11) is 0. The average Bonchev–Trinajstić information content (AvgIpc) is 2.51. The molecule has 0 spiro atoms. The summed E-state index contributed by atoms with van der Waals surface area (Å²) in [4.78, 5) is 23.6. The largest absolute Gasteiger partial charge is 0.507 e. The Morgan fingerprint density at radius 2 is 2.04 bits per heavy atom. The molecular formula is C17H19FN2O3. The minimum atomic E-state index is -0.577. The second kappa shape index (κ2) is 7.58. The van der Waals surface area contributed by atoms with Gasteiger partial charge in [-0.25, -0.2) is 4.39 Å². The van der Waals surface area contributed by atoms with Crippen LogP contribution < -0.4 is 10.9 Å². The predicted molar refractivity (Wildman–Crippen MR) is 85.1 cm³/mol. The molecule has 0 unspecified atom stereocenters. The molecule has 0 saturated carbocycles. The number of benzene rings is 1. The Bertz CT molecular complexity index is 756. The second-order valence-corrected chi connectivity index (χ2v) is 5.28. The van der Waals surface area contributed by atoms with Crippen LogP contribution in [0.25, 0.3) is 0 Å². The van der Waals surface area contributed by atoms with E-state index >= 15 is 0 Å². The number of halogens is 1. The zero-order valence-corrected chi connectivity index (χ0v) is 12.9. The lowest BCUT2D eigenvalue weighted by molar-refractivity contribution is 0.0949. The minimum absolute atomic E-state index is 0.0429. The maximum atomic E-state index is 13.1. The highest BCUT2D eigenvalue weighted by Gasteiger charge is 2.11. The fraction of sp³-hybridized carbons (Fsp3) is 0.294. The van der Waals surface area contributed by atoms with Gasteiger partial charge in [-0.1, -0.05) is 6.07 Å². The van der Waals surface area contributed by atoms with Gasteiger partial charge in [-0.15, -0.1) is 0 Å². The number of phenols is 1. The van der Waals surface area contributed by atoms with Gasteiger partial charge in [-0.2, -0.15) is 0 Å². The van der Waals surface area contributed by atoms with Gasteiger partial charge in [0.15, 0.2) is 0 Å². The van der Waals surface area contributed by atoms with Crippen molar-refractivity contribution in [2.45, 2.75) is 26.3 Å². The first-order valence-corrected chi connectivity index (χ1v) is 7.42. The van der Waals surface area contributed by atoms with E-state index in [0.29, 0.717) is 19.5 Å². The molecule has 1 aromatic heterocycles.